The van der Waals surface area contributed by atoms with E-state index in [4.69, 9.17) is 4.74 Å². The average molecular weight is 446 g/mol. The van der Waals surface area contributed by atoms with Crippen LogP contribution in [0.15, 0.2) is 66.9 Å². The maximum Gasteiger partial charge on any atom is 0.418 e. The predicted octanol–water partition coefficient (Wildman–Crippen LogP) is 6.16. The summed E-state index contributed by atoms with van der Waals surface area (Å²) in [6.07, 6.45) is -3.13. The lowest BCUT2D eigenvalue weighted by molar-refractivity contribution is -0.137. The molecule has 0 saturated carbocycles. The van der Waals surface area contributed by atoms with Gasteiger partial charge in [-0.2, -0.15) is 13.2 Å². The number of nitrogens with one attached hydrogen (secondary N) is 1. The average Bonchev–Trinajstić information content (AvgIpc) is 3.15. The summed E-state index contributed by atoms with van der Waals surface area (Å²) in [5, 5.41) is 2.40. The van der Waals surface area contributed by atoms with Gasteiger partial charge in [-0.05, 0) is 42.0 Å². The van der Waals surface area contributed by atoms with Crippen molar-refractivity contribution in [3.8, 4) is 17.0 Å². The Hall–Kier alpha value is -3.88. The Morgan fingerprint density at radius 2 is 1.72 bits per heavy atom. The van der Waals surface area contributed by atoms with Crippen molar-refractivity contribution in [2.45, 2.75) is 6.18 Å². The fourth-order valence-corrected chi connectivity index (χ4v) is 3.38. The minimum atomic E-state index is -4.60. The van der Waals surface area contributed by atoms with Gasteiger partial charge >= 0.3 is 6.18 Å². The molecule has 9 heteroatoms. The molecule has 0 unspecified atom stereocenters. The standard InChI is InChI=1S/C23H15F5N2O2/c1-32-16-9-10-30-15(11-16)12-18(23(26,27)28)21(30)13-5-7-14(8-6-13)29-22(31)17-3-2-4-19(24)20(17)25/h2-12H,1H3,(H,29,31). The van der Waals surface area contributed by atoms with Gasteiger partial charge in [-0.1, -0.05) is 18.2 Å². The number of benzene rings is 2. The molecule has 32 heavy (non-hydrogen) atoms. The molecular formula is C23H15F5N2O2. The second kappa shape index (κ2) is 7.99. The summed E-state index contributed by atoms with van der Waals surface area (Å²) in [7, 11) is 1.42. The summed E-state index contributed by atoms with van der Waals surface area (Å²) < 4.78 is 74.7. The number of pyridine rings is 1. The number of hydrogen-bond acceptors (Lipinski definition) is 2. The van der Waals surface area contributed by atoms with Crippen molar-refractivity contribution in [2.75, 3.05) is 12.4 Å². The number of carbonyl (C=O) groups is 1. The molecule has 2 aromatic carbocycles. The first-order chi connectivity index (χ1) is 15.2. The largest absolute Gasteiger partial charge is 0.497 e. The number of amides is 1. The predicted molar refractivity (Wildman–Crippen MR) is 109 cm³/mol. The molecule has 0 fully saturated rings. The third kappa shape index (κ3) is 3.89. The molecule has 1 amide bonds. The molecule has 4 aromatic rings. The summed E-state index contributed by atoms with van der Waals surface area (Å²) >= 11 is 0. The normalized spacial score (nSPS) is 11.6. The number of halogens is 5. The highest BCUT2D eigenvalue weighted by molar-refractivity contribution is 6.04. The van der Waals surface area contributed by atoms with Gasteiger partial charge in [0.05, 0.1) is 23.9 Å². The van der Waals surface area contributed by atoms with Crippen LogP contribution >= 0.6 is 0 Å². The van der Waals surface area contributed by atoms with E-state index in [1.165, 1.54) is 54.1 Å². The van der Waals surface area contributed by atoms with Crippen molar-refractivity contribution in [3.05, 3.63) is 89.6 Å². The summed E-state index contributed by atoms with van der Waals surface area (Å²) in [6.45, 7) is 0. The summed E-state index contributed by atoms with van der Waals surface area (Å²) in [4.78, 5) is 12.2. The van der Waals surface area contributed by atoms with Crippen LogP contribution in [0.3, 0.4) is 0 Å². The van der Waals surface area contributed by atoms with E-state index >= 15 is 0 Å². The second-order valence-electron chi connectivity index (χ2n) is 6.90. The molecule has 0 spiro atoms. The van der Waals surface area contributed by atoms with Gasteiger partial charge in [-0.15, -0.1) is 0 Å². The first-order valence-electron chi connectivity index (χ1n) is 9.31. The summed E-state index contributed by atoms with van der Waals surface area (Å²) in [6, 6.07) is 12.8. The van der Waals surface area contributed by atoms with Crippen molar-refractivity contribution in [3.63, 3.8) is 0 Å². The molecule has 1 N–H and O–H groups in total. The van der Waals surface area contributed by atoms with E-state index < -0.39 is 34.8 Å². The van der Waals surface area contributed by atoms with Crippen LogP contribution in [0.2, 0.25) is 0 Å². The number of hydrogen-bond donors (Lipinski definition) is 1. The Morgan fingerprint density at radius 3 is 2.38 bits per heavy atom. The molecule has 4 rings (SSSR count). The third-order valence-electron chi connectivity index (χ3n) is 4.90. The molecule has 0 atom stereocenters. The van der Waals surface area contributed by atoms with E-state index in [1.54, 1.807) is 6.07 Å². The van der Waals surface area contributed by atoms with Crippen LogP contribution in [0.25, 0.3) is 16.8 Å². The van der Waals surface area contributed by atoms with Crippen LogP contribution in [0.4, 0.5) is 27.6 Å². The first kappa shape index (κ1) is 21.4. The Kier molecular flexibility index (Phi) is 5.33. The van der Waals surface area contributed by atoms with Gasteiger partial charge in [-0.3, -0.25) is 4.79 Å². The molecule has 0 aliphatic carbocycles. The number of nitrogens with zero attached hydrogens (tertiary/aromatic N) is 1. The van der Waals surface area contributed by atoms with Crippen molar-refractivity contribution in [2.24, 2.45) is 0 Å². The first-order valence-corrected chi connectivity index (χ1v) is 9.31. The van der Waals surface area contributed by atoms with Crippen molar-refractivity contribution in [1.29, 1.82) is 0 Å². The molecule has 0 bridgehead atoms. The molecule has 2 heterocycles. The maximum absolute atomic E-state index is 13.8. The third-order valence-corrected chi connectivity index (χ3v) is 4.90. The Balaban J connectivity index is 1.70. The SMILES string of the molecule is COc1ccn2c(-c3ccc(NC(=O)c4cccc(F)c4F)cc3)c(C(F)(F)F)cc2c1. The lowest BCUT2D eigenvalue weighted by Crippen LogP contribution is -2.14. The van der Waals surface area contributed by atoms with Crippen molar-refractivity contribution >= 4 is 17.1 Å². The number of methoxy groups -OCH3 is 1. The quantitative estimate of drug-likeness (QED) is 0.382. The van der Waals surface area contributed by atoms with Gasteiger partial charge < -0.3 is 14.5 Å². The molecule has 4 nitrogen and oxygen atoms in total. The molecule has 0 aliphatic rings. The number of ether oxygens (including phenoxy) is 1. The van der Waals surface area contributed by atoms with E-state index in [0.29, 0.717) is 11.3 Å². The molecule has 2 aromatic heterocycles. The van der Waals surface area contributed by atoms with Crippen LogP contribution in [-0.2, 0) is 6.18 Å². The van der Waals surface area contributed by atoms with Crippen LogP contribution in [0.5, 0.6) is 5.75 Å². The van der Waals surface area contributed by atoms with Crippen LogP contribution in [-0.4, -0.2) is 17.4 Å². The zero-order valence-corrected chi connectivity index (χ0v) is 16.5. The Labute approximate surface area is 178 Å². The van der Waals surface area contributed by atoms with Gasteiger partial charge in [0.2, 0.25) is 0 Å². The van der Waals surface area contributed by atoms with Gasteiger partial charge in [0.1, 0.15) is 5.75 Å². The minimum Gasteiger partial charge on any atom is -0.497 e. The Bertz CT molecular complexity index is 1310. The van der Waals surface area contributed by atoms with E-state index in [2.05, 4.69) is 5.32 Å². The minimum absolute atomic E-state index is 0.0794. The number of anilines is 1. The smallest absolute Gasteiger partial charge is 0.418 e. The molecular weight excluding hydrogens is 431 g/mol. The van der Waals surface area contributed by atoms with E-state index in [0.717, 1.165) is 18.2 Å². The van der Waals surface area contributed by atoms with Crippen LogP contribution in [0, 0.1) is 11.6 Å². The van der Waals surface area contributed by atoms with E-state index in [1.807, 2.05) is 0 Å². The lowest BCUT2D eigenvalue weighted by atomic mass is 10.1. The number of aromatic nitrogens is 1. The fourth-order valence-electron chi connectivity index (χ4n) is 3.38. The molecule has 0 radical (unpaired) electrons. The van der Waals surface area contributed by atoms with Crippen LogP contribution in [0.1, 0.15) is 15.9 Å². The number of rotatable bonds is 4. The molecule has 0 saturated heterocycles. The summed E-state index contributed by atoms with van der Waals surface area (Å²) in [5.74, 6) is -2.92. The van der Waals surface area contributed by atoms with Crippen molar-refractivity contribution in [1.82, 2.24) is 4.40 Å². The van der Waals surface area contributed by atoms with Crippen molar-refractivity contribution < 1.29 is 31.5 Å². The number of alkyl halides is 3. The highest BCUT2D eigenvalue weighted by Crippen LogP contribution is 2.40. The second-order valence-corrected chi connectivity index (χ2v) is 6.90. The zero-order chi connectivity index (χ0) is 23.0. The number of carbonyl (C=O) groups excluding carboxylic acids is 1. The maximum atomic E-state index is 13.8. The Morgan fingerprint density at radius 1 is 1.00 bits per heavy atom. The summed E-state index contributed by atoms with van der Waals surface area (Å²) in [5.41, 5.74) is -0.643. The highest BCUT2D eigenvalue weighted by atomic mass is 19.4. The highest BCUT2D eigenvalue weighted by Gasteiger charge is 2.36. The van der Waals surface area contributed by atoms with Gasteiger partial charge in [0.15, 0.2) is 11.6 Å². The lowest BCUT2D eigenvalue weighted by Gasteiger charge is -2.11. The molecule has 164 valence electrons. The number of fused-ring (bicyclic) bond motifs is 1. The van der Waals surface area contributed by atoms with Gasteiger partial charge in [0, 0.05) is 23.5 Å². The van der Waals surface area contributed by atoms with Gasteiger partial charge in [0.25, 0.3) is 5.91 Å². The van der Waals surface area contributed by atoms with Gasteiger partial charge in [-0.25, -0.2) is 8.78 Å². The van der Waals surface area contributed by atoms with Crippen LogP contribution < -0.4 is 10.1 Å². The zero-order valence-electron chi connectivity index (χ0n) is 16.5. The topological polar surface area (TPSA) is 42.7 Å². The van der Waals surface area contributed by atoms with E-state index in [-0.39, 0.29) is 16.9 Å². The molecule has 0 aliphatic heterocycles. The van der Waals surface area contributed by atoms with E-state index in [9.17, 15) is 26.7 Å². The monoisotopic (exact) mass is 446 g/mol. The fraction of sp³-hybridized carbons (Fsp3) is 0.0870.